The molecule has 1 N–H and O–H groups in total. The summed E-state index contributed by atoms with van der Waals surface area (Å²) in [5, 5.41) is 4.22. The lowest BCUT2D eigenvalue weighted by atomic mass is 9.89. The summed E-state index contributed by atoms with van der Waals surface area (Å²) < 4.78 is 0. The van der Waals surface area contributed by atoms with Crippen LogP contribution in [0.4, 0.5) is 0 Å². The Balaban J connectivity index is 1.61. The second-order valence-corrected chi connectivity index (χ2v) is 7.61. The summed E-state index contributed by atoms with van der Waals surface area (Å²) >= 11 is 1.81. The number of nitrogens with zero attached hydrogens (tertiary/aromatic N) is 2. The van der Waals surface area contributed by atoms with Crippen LogP contribution in [0.2, 0.25) is 0 Å². The van der Waals surface area contributed by atoms with E-state index in [9.17, 15) is 4.79 Å². The van der Waals surface area contributed by atoms with E-state index < -0.39 is 0 Å². The molecular weight excluding hydrogens is 270 g/mol. The van der Waals surface area contributed by atoms with Crippen LogP contribution in [0.25, 0.3) is 0 Å². The molecule has 0 unspecified atom stereocenters. The second-order valence-electron chi connectivity index (χ2n) is 6.32. The number of hydrogen-bond acceptors (Lipinski definition) is 4. The third-order valence-corrected chi connectivity index (χ3v) is 5.96. The van der Waals surface area contributed by atoms with Gasteiger partial charge in [0.1, 0.15) is 5.01 Å². The van der Waals surface area contributed by atoms with E-state index in [1.807, 2.05) is 11.3 Å². The summed E-state index contributed by atoms with van der Waals surface area (Å²) in [6.07, 6.45) is 3.10. The predicted octanol–water partition coefficient (Wildman–Crippen LogP) is 2.11. The number of amides is 1. The van der Waals surface area contributed by atoms with Crippen LogP contribution < -0.4 is 5.32 Å². The Morgan fingerprint density at radius 3 is 2.80 bits per heavy atom. The molecule has 2 aliphatic rings. The molecule has 0 radical (unpaired) electrons. The molecule has 1 aromatic heterocycles. The number of piperidine rings is 1. The summed E-state index contributed by atoms with van der Waals surface area (Å²) in [7, 11) is 2.20. The van der Waals surface area contributed by atoms with E-state index in [0.717, 1.165) is 31.6 Å². The lowest BCUT2D eigenvalue weighted by Crippen LogP contribution is -2.38. The fraction of sp³-hybridized carbons (Fsp3) is 0.733. The number of carbonyl (C=O) groups excluding carboxylic acids is 1. The number of nitrogens with one attached hydrogen (secondary N) is 1. The third-order valence-electron chi connectivity index (χ3n) is 4.91. The molecule has 0 spiro atoms. The number of thiazole rings is 1. The molecule has 1 aromatic rings. The first-order valence-corrected chi connectivity index (χ1v) is 8.24. The van der Waals surface area contributed by atoms with E-state index in [-0.39, 0.29) is 5.91 Å². The van der Waals surface area contributed by atoms with E-state index in [4.69, 9.17) is 0 Å². The summed E-state index contributed by atoms with van der Waals surface area (Å²) in [5.74, 6) is 1.51. The van der Waals surface area contributed by atoms with Gasteiger partial charge in [0.2, 0.25) is 5.91 Å². The Morgan fingerprint density at radius 1 is 1.35 bits per heavy atom. The Hall–Kier alpha value is -0.940. The van der Waals surface area contributed by atoms with Crippen molar-refractivity contribution >= 4 is 17.2 Å². The molecule has 2 fully saturated rings. The maximum Gasteiger partial charge on any atom is 0.220 e. The van der Waals surface area contributed by atoms with Crippen molar-refractivity contribution in [1.82, 2.24) is 15.2 Å². The SMILES string of the molecule is Cc1nc(CN(C)[C@H]2C[C@H]3CNC(=O)C[C@H]3C2)sc1C. The van der Waals surface area contributed by atoms with Crippen LogP contribution in [0.3, 0.4) is 0 Å². The van der Waals surface area contributed by atoms with Crippen molar-refractivity contribution in [3.8, 4) is 0 Å². The van der Waals surface area contributed by atoms with Gasteiger partial charge >= 0.3 is 0 Å². The number of fused-ring (bicyclic) bond motifs is 1. The Kier molecular flexibility index (Phi) is 3.82. The molecule has 3 atom stereocenters. The van der Waals surface area contributed by atoms with Gasteiger partial charge in [-0.25, -0.2) is 4.98 Å². The summed E-state index contributed by atoms with van der Waals surface area (Å²) in [5.41, 5.74) is 1.16. The van der Waals surface area contributed by atoms with Gasteiger partial charge in [-0.15, -0.1) is 11.3 Å². The van der Waals surface area contributed by atoms with Crippen molar-refractivity contribution in [3.63, 3.8) is 0 Å². The highest BCUT2D eigenvalue weighted by Crippen LogP contribution is 2.38. The first kappa shape index (κ1) is 14.0. The smallest absolute Gasteiger partial charge is 0.220 e. The van der Waals surface area contributed by atoms with Gasteiger partial charge in [0.05, 0.1) is 12.2 Å². The van der Waals surface area contributed by atoms with Gasteiger partial charge in [0.15, 0.2) is 0 Å². The summed E-state index contributed by atoms with van der Waals surface area (Å²) in [4.78, 5) is 19.9. The van der Waals surface area contributed by atoms with Gasteiger partial charge < -0.3 is 5.32 Å². The summed E-state index contributed by atoms with van der Waals surface area (Å²) in [6.45, 7) is 6.03. The van der Waals surface area contributed by atoms with Gasteiger partial charge in [-0.05, 0) is 45.6 Å². The fourth-order valence-electron chi connectivity index (χ4n) is 3.54. The monoisotopic (exact) mass is 293 g/mol. The van der Waals surface area contributed by atoms with Crippen molar-refractivity contribution < 1.29 is 4.79 Å². The van der Waals surface area contributed by atoms with Crippen LogP contribution in [0.15, 0.2) is 0 Å². The second kappa shape index (κ2) is 5.45. The average Bonchev–Trinajstić information content (AvgIpc) is 2.93. The molecule has 0 aromatic carbocycles. The molecule has 1 saturated heterocycles. The maximum absolute atomic E-state index is 11.5. The van der Waals surface area contributed by atoms with E-state index >= 15 is 0 Å². The number of aryl methyl sites for hydroxylation is 2. The van der Waals surface area contributed by atoms with Gasteiger partial charge in [0.25, 0.3) is 0 Å². The highest BCUT2D eigenvalue weighted by atomic mass is 32.1. The predicted molar refractivity (Wildman–Crippen MR) is 80.7 cm³/mol. The molecule has 1 saturated carbocycles. The molecule has 2 heterocycles. The Labute approximate surface area is 124 Å². The van der Waals surface area contributed by atoms with Crippen molar-refractivity contribution in [2.24, 2.45) is 11.8 Å². The minimum Gasteiger partial charge on any atom is -0.356 e. The molecular formula is C15H23N3OS. The number of hydrogen-bond donors (Lipinski definition) is 1. The van der Waals surface area contributed by atoms with E-state index in [0.29, 0.717) is 17.9 Å². The average molecular weight is 293 g/mol. The van der Waals surface area contributed by atoms with Crippen LogP contribution >= 0.6 is 11.3 Å². The minimum atomic E-state index is 0.237. The van der Waals surface area contributed by atoms with Gasteiger partial charge in [-0.2, -0.15) is 0 Å². The highest BCUT2D eigenvalue weighted by molar-refractivity contribution is 7.11. The molecule has 3 rings (SSSR count). The standard InChI is InChI=1S/C15H23N3OS/c1-9-10(2)20-15(17-9)8-18(3)13-4-11-6-14(19)16-7-12(11)5-13/h11-13H,4-8H2,1-3H3,(H,16,19)/t11-,12+,13-/m1/s1. The third kappa shape index (κ3) is 2.74. The fourth-order valence-corrected chi connectivity index (χ4v) is 4.54. The summed E-state index contributed by atoms with van der Waals surface area (Å²) in [6, 6.07) is 0.599. The number of carbonyl (C=O) groups is 1. The lowest BCUT2D eigenvalue weighted by molar-refractivity contribution is -0.124. The molecule has 1 aliphatic carbocycles. The largest absolute Gasteiger partial charge is 0.356 e. The molecule has 1 aliphatic heterocycles. The van der Waals surface area contributed by atoms with E-state index in [1.165, 1.54) is 16.3 Å². The van der Waals surface area contributed by atoms with Crippen molar-refractivity contribution in [1.29, 1.82) is 0 Å². The number of rotatable bonds is 3. The highest BCUT2D eigenvalue weighted by Gasteiger charge is 2.39. The van der Waals surface area contributed by atoms with E-state index in [2.05, 4.69) is 36.1 Å². The molecule has 1 amide bonds. The molecule has 20 heavy (non-hydrogen) atoms. The van der Waals surface area contributed by atoms with Gasteiger partial charge in [-0.3, -0.25) is 9.69 Å². The van der Waals surface area contributed by atoms with Crippen LogP contribution in [0.5, 0.6) is 0 Å². The topological polar surface area (TPSA) is 45.2 Å². The van der Waals surface area contributed by atoms with Gasteiger partial charge in [0, 0.05) is 23.9 Å². The molecule has 0 bridgehead atoms. The van der Waals surface area contributed by atoms with Crippen LogP contribution in [-0.4, -0.2) is 35.4 Å². The van der Waals surface area contributed by atoms with Crippen LogP contribution in [0, 0.1) is 25.7 Å². The zero-order valence-corrected chi connectivity index (χ0v) is 13.3. The molecule has 5 heteroatoms. The zero-order chi connectivity index (χ0) is 14.3. The Bertz CT molecular complexity index is 494. The quantitative estimate of drug-likeness (QED) is 0.928. The first-order chi connectivity index (χ1) is 9.52. The zero-order valence-electron chi connectivity index (χ0n) is 12.5. The number of aromatic nitrogens is 1. The van der Waals surface area contributed by atoms with Crippen LogP contribution in [-0.2, 0) is 11.3 Å². The molecule has 110 valence electrons. The van der Waals surface area contributed by atoms with E-state index in [1.54, 1.807) is 0 Å². The van der Waals surface area contributed by atoms with Crippen molar-refractivity contribution in [2.75, 3.05) is 13.6 Å². The van der Waals surface area contributed by atoms with Gasteiger partial charge in [-0.1, -0.05) is 0 Å². The van der Waals surface area contributed by atoms with Crippen LogP contribution in [0.1, 0.15) is 34.8 Å². The van der Waals surface area contributed by atoms with Crippen molar-refractivity contribution in [3.05, 3.63) is 15.6 Å². The normalized spacial score (nSPS) is 29.6. The Morgan fingerprint density at radius 2 is 2.10 bits per heavy atom. The maximum atomic E-state index is 11.5. The lowest BCUT2D eigenvalue weighted by Gasteiger charge is -2.24. The van der Waals surface area contributed by atoms with Crippen molar-refractivity contribution in [2.45, 2.75) is 45.7 Å². The minimum absolute atomic E-state index is 0.237. The molecule has 4 nitrogen and oxygen atoms in total. The first-order valence-electron chi connectivity index (χ1n) is 7.42.